The molecule has 4 nitrogen and oxygen atoms in total. The minimum absolute atomic E-state index is 0.715. The van der Waals surface area contributed by atoms with Gasteiger partial charge in [0, 0.05) is 11.9 Å². The van der Waals surface area contributed by atoms with Gasteiger partial charge in [-0.25, -0.2) is 0 Å². The van der Waals surface area contributed by atoms with Crippen molar-refractivity contribution in [2.75, 3.05) is 6.26 Å². The van der Waals surface area contributed by atoms with Gasteiger partial charge in [-0.15, -0.1) is 0 Å². The van der Waals surface area contributed by atoms with E-state index in [2.05, 4.69) is 24.9 Å². The number of hydrogen-bond acceptors (Lipinski definition) is 3. The summed E-state index contributed by atoms with van der Waals surface area (Å²) in [4.78, 5) is 4.38. The van der Waals surface area contributed by atoms with E-state index < -0.39 is 10.1 Å². The van der Waals surface area contributed by atoms with Crippen LogP contribution in [-0.4, -0.2) is 24.2 Å². The van der Waals surface area contributed by atoms with Crippen LogP contribution in [0.2, 0.25) is 0 Å². The summed E-state index contributed by atoms with van der Waals surface area (Å²) >= 11 is 0. The molecule has 1 aromatic rings. The first-order valence-electron chi connectivity index (χ1n) is 6.17. The van der Waals surface area contributed by atoms with Gasteiger partial charge in [-0.2, -0.15) is 8.42 Å². The average molecular weight is 273 g/mol. The Morgan fingerprint density at radius 2 is 1.89 bits per heavy atom. The summed E-state index contributed by atoms with van der Waals surface area (Å²) in [6, 6.07) is 4.15. The van der Waals surface area contributed by atoms with Crippen LogP contribution in [0.4, 0.5) is 0 Å². The lowest BCUT2D eigenvalue weighted by atomic mass is 10.1. The first-order chi connectivity index (χ1) is 8.34. The van der Waals surface area contributed by atoms with E-state index in [1.54, 1.807) is 0 Å². The van der Waals surface area contributed by atoms with Crippen LogP contribution in [0, 0.1) is 6.92 Å². The fourth-order valence-electron chi connectivity index (χ4n) is 1.50. The molecule has 0 fully saturated rings. The molecular weight excluding hydrogens is 250 g/mol. The van der Waals surface area contributed by atoms with Crippen LogP contribution in [0.1, 0.15) is 43.9 Å². The number of nitrogens with zero attached hydrogens (tertiary/aromatic N) is 1. The van der Waals surface area contributed by atoms with Gasteiger partial charge in [-0.3, -0.25) is 9.54 Å². The third-order valence-corrected chi connectivity index (χ3v) is 2.38. The van der Waals surface area contributed by atoms with Gasteiger partial charge in [-0.1, -0.05) is 32.3 Å². The molecule has 0 atom stereocenters. The Kier molecular flexibility index (Phi) is 8.58. The summed E-state index contributed by atoms with van der Waals surface area (Å²) < 4.78 is 25.9. The summed E-state index contributed by atoms with van der Waals surface area (Å²) in [6.45, 7) is 4.38. The maximum atomic E-state index is 9.19. The van der Waals surface area contributed by atoms with Gasteiger partial charge in [0.2, 0.25) is 0 Å². The van der Waals surface area contributed by atoms with Gasteiger partial charge < -0.3 is 0 Å². The van der Waals surface area contributed by atoms with Crippen LogP contribution >= 0.6 is 0 Å². The van der Waals surface area contributed by atoms with Gasteiger partial charge in [0.25, 0.3) is 10.1 Å². The highest BCUT2D eigenvalue weighted by Gasteiger charge is 1.97. The number of rotatable bonds is 5. The molecule has 5 heteroatoms. The fraction of sp³-hybridized carbons (Fsp3) is 0.615. The van der Waals surface area contributed by atoms with Crippen molar-refractivity contribution in [3.63, 3.8) is 0 Å². The van der Waals surface area contributed by atoms with Crippen molar-refractivity contribution >= 4 is 10.1 Å². The van der Waals surface area contributed by atoms with E-state index in [1.807, 2.05) is 12.3 Å². The highest BCUT2D eigenvalue weighted by molar-refractivity contribution is 7.85. The smallest absolute Gasteiger partial charge is 0.261 e. The molecule has 0 bridgehead atoms. The first kappa shape index (κ1) is 17.1. The monoisotopic (exact) mass is 273 g/mol. The van der Waals surface area contributed by atoms with Gasteiger partial charge in [0.1, 0.15) is 0 Å². The average Bonchev–Trinajstić information content (AvgIpc) is 2.24. The molecule has 18 heavy (non-hydrogen) atoms. The van der Waals surface area contributed by atoms with E-state index in [0.717, 1.165) is 6.42 Å². The van der Waals surface area contributed by atoms with Gasteiger partial charge in [0.15, 0.2) is 0 Å². The summed E-state index contributed by atoms with van der Waals surface area (Å²) in [5.41, 5.74) is 2.61. The second-order valence-corrected chi connectivity index (χ2v) is 5.78. The van der Waals surface area contributed by atoms with Gasteiger partial charge in [0.05, 0.1) is 6.26 Å². The molecule has 0 aliphatic carbocycles. The maximum Gasteiger partial charge on any atom is 0.261 e. The Bertz CT molecular complexity index is 422. The van der Waals surface area contributed by atoms with Crippen molar-refractivity contribution < 1.29 is 13.0 Å². The van der Waals surface area contributed by atoms with Gasteiger partial charge in [-0.05, 0) is 31.4 Å². The zero-order chi connectivity index (χ0) is 14.0. The molecule has 0 amide bonds. The van der Waals surface area contributed by atoms with Crippen LogP contribution < -0.4 is 0 Å². The van der Waals surface area contributed by atoms with E-state index in [-0.39, 0.29) is 0 Å². The minimum Gasteiger partial charge on any atom is -0.286 e. The summed E-state index contributed by atoms with van der Waals surface area (Å²) in [7, 11) is -3.67. The van der Waals surface area contributed by atoms with Crippen molar-refractivity contribution in [3.8, 4) is 0 Å². The van der Waals surface area contributed by atoms with Crippen molar-refractivity contribution in [1.82, 2.24) is 4.98 Å². The fourth-order valence-corrected chi connectivity index (χ4v) is 1.50. The molecule has 1 rings (SSSR count). The molecule has 0 spiro atoms. The van der Waals surface area contributed by atoms with Crippen LogP contribution in [0.3, 0.4) is 0 Å². The molecule has 0 aliphatic rings. The lowest BCUT2D eigenvalue weighted by Gasteiger charge is -2.03. The molecule has 0 aromatic carbocycles. The molecular formula is C13H23NO3S. The van der Waals surface area contributed by atoms with E-state index in [1.165, 1.54) is 36.9 Å². The van der Waals surface area contributed by atoms with E-state index in [9.17, 15) is 8.42 Å². The third kappa shape index (κ3) is 11.5. The molecule has 0 unspecified atom stereocenters. The standard InChI is InChI=1S/C12H19N.CH4O3S/c1-3-4-5-6-9-12-11(2)8-7-10-13-12;1-5(2,3)4/h7-8,10H,3-6,9H2,1-2H3;1H3,(H,2,3,4). The summed E-state index contributed by atoms with van der Waals surface area (Å²) in [5.74, 6) is 0. The topological polar surface area (TPSA) is 67.3 Å². The Labute approximate surface area is 110 Å². The highest BCUT2D eigenvalue weighted by atomic mass is 32.2. The number of aromatic nitrogens is 1. The Balaban J connectivity index is 0.000000494. The Morgan fingerprint density at radius 3 is 2.39 bits per heavy atom. The van der Waals surface area contributed by atoms with Crippen molar-refractivity contribution in [2.45, 2.75) is 46.0 Å². The van der Waals surface area contributed by atoms with E-state index >= 15 is 0 Å². The zero-order valence-electron chi connectivity index (χ0n) is 11.4. The largest absolute Gasteiger partial charge is 0.286 e. The molecule has 104 valence electrons. The SMILES string of the molecule is CCCCCCc1ncccc1C.CS(=O)(=O)O. The van der Waals surface area contributed by atoms with E-state index in [4.69, 9.17) is 4.55 Å². The molecule has 0 saturated carbocycles. The number of aryl methyl sites for hydroxylation is 2. The highest BCUT2D eigenvalue weighted by Crippen LogP contribution is 2.09. The van der Waals surface area contributed by atoms with Crippen LogP contribution in [-0.2, 0) is 16.5 Å². The zero-order valence-corrected chi connectivity index (χ0v) is 12.2. The summed E-state index contributed by atoms with van der Waals surface area (Å²) in [6.07, 6.45) is 9.03. The Morgan fingerprint density at radius 1 is 1.28 bits per heavy atom. The second kappa shape index (κ2) is 9.05. The summed E-state index contributed by atoms with van der Waals surface area (Å²) in [5, 5.41) is 0. The van der Waals surface area contributed by atoms with Crippen molar-refractivity contribution in [2.24, 2.45) is 0 Å². The van der Waals surface area contributed by atoms with Crippen molar-refractivity contribution in [1.29, 1.82) is 0 Å². The lowest BCUT2D eigenvalue weighted by molar-refractivity contribution is 0.490. The van der Waals surface area contributed by atoms with Crippen LogP contribution in [0.15, 0.2) is 18.3 Å². The Hall–Kier alpha value is -0.940. The minimum atomic E-state index is -3.67. The molecule has 0 saturated heterocycles. The van der Waals surface area contributed by atoms with Gasteiger partial charge >= 0.3 is 0 Å². The number of pyridine rings is 1. The molecule has 0 aliphatic heterocycles. The first-order valence-corrected chi connectivity index (χ1v) is 8.02. The second-order valence-electron chi connectivity index (χ2n) is 4.31. The quantitative estimate of drug-likeness (QED) is 0.661. The predicted octanol–water partition coefficient (Wildman–Crippen LogP) is 3.02. The molecule has 0 radical (unpaired) electrons. The molecule has 1 heterocycles. The molecule has 1 N–H and O–H groups in total. The van der Waals surface area contributed by atoms with Crippen molar-refractivity contribution in [3.05, 3.63) is 29.6 Å². The number of hydrogen-bond donors (Lipinski definition) is 1. The van der Waals surface area contributed by atoms with E-state index in [0.29, 0.717) is 6.26 Å². The molecule has 1 aromatic heterocycles. The number of unbranched alkanes of at least 4 members (excludes halogenated alkanes) is 3. The maximum absolute atomic E-state index is 9.19. The lowest BCUT2D eigenvalue weighted by Crippen LogP contribution is -1.93. The normalized spacial score (nSPS) is 10.7. The third-order valence-electron chi connectivity index (χ3n) is 2.38. The van der Waals surface area contributed by atoms with Crippen LogP contribution in [0.5, 0.6) is 0 Å². The predicted molar refractivity (Wildman–Crippen MR) is 74.3 cm³/mol. The van der Waals surface area contributed by atoms with Crippen LogP contribution in [0.25, 0.3) is 0 Å².